The van der Waals surface area contributed by atoms with Gasteiger partial charge in [0.05, 0.1) is 0 Å². The van der Waals surface area contributed by atoms with Crippen LogP contribution < -0.4 is 0 Å². The fourth-order valence-electron chi connectivity index (χ4n) is 0.998. The molecule has 0 heterocycles. The van der Waals surface area contributed by atoms with Crippen LogP contribution >= 0.6 is 0 Å². The Hall–Kier alpha value is -0.123. The first-order valence-corrected chi connectivity index (χ1v) is 6.74. The molecule has 0 spiro atoms. The second-order valence-electron chi connectivity index (χ2n) is 3.60. The van der Waals surface area contributed by atoms with E-state index < -0.39 is 9.28 Å². The maximum Gasteiger partial charge on any atom is 0.325 e. The molecule has 13 heavy (non-hydrogen) atoms. The topological polar surface area (TPSA) is 18.5 Å². The van der Waals surface area contributed by atoms with Gasteiger partial charge in [0, 0.05) is 18.3 Å². The lowest BCUT2D eigenvalue weighted by atomic mass is 10.5. The van der Waals surface area contributed by atoms with E-state index in [-0.39, 0.29) is 12.2 Å². The Labute approximate surface area is 83.8 Å². The molecule has 0 aliphatic carbocycles. The van der Waals surface area contributed by atoms with Gasteiger partial charge in [0.2, 0.25) is 0 Å². The predicted octanol–water partition coefficient (Wildman–Crippen LogP) is 2.63. The minimum atomic E-state index is -1.45. The van der Waals surface area contributed by atoms with Gasteiger partial charge in [-0.3, -0.25) is 0 Å². The van der Waals surface area contributed by atoms with Gasteiger partial charge in [0.15, 0.2) is 0 Å². The highest BCUT2D eigenvalue weighted by Gasteiger charge is 2.14. The van der Waals surface area contributed by atoms with Gasteiger partial charge in [-0.2, -0.15) is 0 Å². The van der Waals surface area contributed by atoms with Gasteiger partial charge in [-0.05, 0) is 34.6 Å². The average molecular weight is 202 g/mol. The van der Waals surface area contributed by atoms with Crippen molar-refractivity contribution in [1.29, 1.82) is 0 Å². The standard InChI is InChI=1S/C10H22O2Si/c1-6-7-8-13(11-9(2)3)12-10(4)5/h6-7,9-10,13H,8H2,1-5H3. The summed E-state index contributed by atoms with van der Waals surface area (Å²) in [6, 6.07) is 0.965. The first-order valence-electron chi connectivity index (χ1n) is 4.98. The molecule has 3 heteroatoms. The number of hydrogen-bond acceptors (Lipinski definition) is 2. The lowest BCUT2D eigenvalue weighted by Crippen LogP contribution is -2.28. The van der Waals surface area contributed by atoms with E-state index in [2.05, 4.69) is 33.8 Å². The molecular formula is C10H22O2Si. The number of rotatable bonds is 6. The van der Waals surface area contributed by atoms with Gasteiger partial charge in [-0.15, -0.1) is 0 Å². The molecule has 78 valence electrons. The summed E-state index contributed by atoms with van der Waals surface area (Å²) in [5, 5.41) is 0. The zero-order valence-electron chi connectivity index (χ0n) is 9.41. The molecule has 0 aromatic rings. The average Bonchev–Trinajstić information content (AvgIpc) is 1.98. The fourth-order valence-corrected chi connectivity index (χ4v) is 2.99. The van der Waals surface area contributed by atoms with Crippen molar-refractivity contribution >= 4 is 9.28 Å². The number of hydrogen-bond donors (Lipinski definition) is 0. The molecule has 2 nitrogen and oxygen atoms in total. The third-order valence-corrected chi connectivity index (χ3v) is 3.76. The summed E-state index contributed by atoms with van der Waals surface area (Å²) in [5.41, 5.74) is 0. The van der Waals surface area contributed by atoms with Gasteiger partial charge < -0.3 is 8.85 Å². The van der Waals surface area contributed by atoms with Crippen LogP contribution in [0, 0.1) is 0 Å². The van der Waals surface area contributed by atoms with Crippen molar-refractivity contribution in [3.8, 4) is 0 Å². The summed E-state index contributed by atoms with van der Waals surface area (Å²) in [7, 11) is -1.45. The first kappa shape index (κ1) is 12.9. The Morgan fingerprint density at radius 1 is 1.08 bits per heavy atom. The van der Waals surface area contributed by atoms with Crippen LogP contribution in [0.5, 0.6) is 0 Å². The second kappa shape index (κ2) is 7.30. The Bertz CT molecular complexity index is 134. The molecule has 0 amide bonds. The number of allylic oxidation sites excluding steroid dienone is 2. The third-order valence-electron chi connectivity index (χ3n) is 1.41. The maximum absolute atomic E-state index is 5.73. The Kier molecular flexibility index (Phi) is 7.23. The highest BCUT2D eigenvalue weighted by atomic mass is 28.3. The van der Waals surface area contributed by atoms with Crippen LogP contribution in [0.3, 0.4) is 0 Å². The van der Waals surface area contributed by atoms with E-state index in [4.69, 9.17) is 8.85 Å². The summed E-state index contributed by atoms with van der Waals surface area (Å²) in [6.45, 7) is 10.2. The largest absolute Gasteiger partial charge is 0.394 e. The van der Waals surface area contributed by atoms with Crippen LogP contribution in [0.15, 0.2) is 12.2 Å². The van der Waals surface area contributed by atoms with Crippen molar-refractivity contribution < 1.29 is 8.85 Å². The molecule has 0 aromatic carbocycles. The quantitative estimate of drug-likeness (QED) is 0.487. The molecule has 0 N–H and O–H groups in total. The van der Waals surface area contributed by atoms with Crippen molar-refractivity contribution in [2.24, 2.45) is 0 Å². The molecule has 0 fully saturated rings. The van der Waals surface area contributed by atoms with Gasteiger partial charge in [0.25, 0.3) is 0 Å². The van der Waals surface area contributed by atoms with Crippen molar-refractivity contribution in [3.63, 3.8) is 0 Å². The fraction of sp³-hybridized carbons (Fsp3) is 0.800. The Balaban J connectivity index is 3.87. The molecule has 0 saturated carbocycles. The van der Waals surface area contributed by atoms with Crippen molar-refractivity contribution in [1.82, 2.24) is 0 Å². The van der Waals surface area contributed by atoms with E-state index in [1.807, 2.05) is 13.0 Å². The monoisotopic (exact) mass is 202 g/mol. The third kappa shape index (κ3) is 8.21. The van der Waals surface area contributed by atoms with E-state index in [0.29, 0.717) is 0 Å². The lowest BCUT2D eigenvalue weighted by molar-refractivity contribution is 0.132. The van der Waals surface area contributed by atoms with Gasteiger partial charge in [-0.25, -0.2) is 0 Å². The summed E-state index contributed by atoms with van der Waals surface area (Å²) >= 11 is 0. The van der Waals surface area contributed by atoms with Crippen LogP contribution in [0.2, 0.25) is 6.04 Å². The highest BCUT2D eigenvalue weighted by molar-refractivity contribution is 6.45. The van der Waals surface area contributed by atoms with Gasteiger partial charge in [-0.1, -0.05) is 12.2 Å². The molecule has 0 saturated heterocycles. The Morgan fingerprint density at radius 3 is 1.85 bits per heavy atom. The first-order chi connectivity index (χ1) is 6.06. The van der Waals surface area contributed by atoms with Crippen molar-refractivity contribution in [2.75, 3.05) is 0 Å². The zero-order valence-corrected chi connectivity index (χ0v) is 10.6. The van der Waals surface area contributed by atoms with Crippen LogP contribution in [-0.4, -0.2) is 21.5 Å². The van der Waals surface area contributed by atoms with E-state index in [9.17, 15) is 0 Å². The van der Waals surface area contributed by atoms with Crippen molar-refractivity contribution in [2.45, 2.75) is 52.9 Å². The molecular weight excluding hydrogens is 180 g/mol. The maximum atomic E-state index is 5.73. The van der Waals surface area contributed by atoms with Crippen molar-refractivity contribution in [3.05, 3.63) is 12.2 Å². The van der Waals surface area contributed by atoms with Gasteiger partial charge in [0.1, 0.15) is 0 Å². The Morgan fingerprint density at radius 2 is 1.54 bits per heavy atom. The molecule has 0 aliphatic rings. The van der Waals surface area contributed by atoms with Crippen LogP contribution in [-0.2, 0) is 8.85 Å². The lowest BCUT2D eigenvalue weighted by Gasteiger charge is -2.20. The second-order valence-corrected chi connectivity index (χ2v) is 5.48. The molecule has 0 aromatic heterocycles. The SMILES string of the molecule is CC=CC[SiH](OC(C)C)OC(C)C. The smallest absolute Gasteiger partial charge is 0.325 e. The summed E-state index contributed by atoms with van der Waals surface area (Å²) in [6.07, 6.45) is 4.73. The molecule has 0 atom stereocenters. The van der Waals surface area contributed by atoms with Gasteiger partial charge >= 0.3 is 9.28 Å². The molecule has 0 rings (SSSR count). The molecule has 0 unspecified atom stereocenters. The van der Waals surface area contributed by atoms with E-state index in [1.54, 1.807) is 0 Å². The van der Waals surface area contributed by atoms with Crippen LogP contribution in [0.25, 0.3) is 0 Å². The summed E-state index contributed by atoms with van der Waals surface area (Å²) in [4.78, 5) is 0. The predicted molar refractivity (Wildman–Crippen MR) is 59.2 cm³/mol. The van der Waals surface area contributed by atoms with E-state index >= 15 is 0 Å². The van der Waals surface area contributed by atoms with E-state index in [0.717, 1.165) is 6.04 Å². The molecule has 0 aliphatic heterocycles. The minimum absolute atomic E-state index is 0.278. The van der Waals surface area contributed by atoms with Crippen LogP contribution in [0.1, 0.15) is 34.6 Å². The van der Waals surface area contributed by atoms with Crippen LogP contribution in [0.4, 0.5) is 0 Å². The normalized spacial score (nSPS) is 12.6. The summed E-state index contributed by atoms with van der Waals surface area (Å²) in [5.74, 6) is 0. The minimum Gasteiger partial charge on any atom is -0.394 e. The highest BCUT2D eigenvalue weighted by Crippen LogP contribution is 2.05. The zero-order chi connectivity index (χ0) is 10.3. The molecule has 0 radical (unpaired) electrons. The summed E-state index contributed by atoms with van der Waals surface area (Å²) < 4.78 is 11.5. The van der Waals surface area contributed by atoms with E-state index in [1.165, 1.54) is 0 Å². The molecule has 0 bridgehead atoms.